The van der Waals surface area contributed by atoms with Crippen molar-refractivity contribution in [1.82, 2.24) is 15.4 Å². The molecule has 2 rings (SSSR count). The zero-order valence-corrected chi connectivity index (χ0v) is 13.0. The number of rotatable bonds is 6. The molecule has 0 saturated carbocycles. The van der Waals surface area contributed by atoms with Crippen LogP contribution in [0.2, 0.25) is 0 Å². The molecule has 0 bridgehead atoms. The van der Waals surface area contributed by atoms with Crippen molar-refractivity contribution in [3.8, 4) is 0 Å². The van der Waals surface area contributed by atoms with Gasteiger partial charge < -0.3 is 9.84 Å². The minimum Gasteiger partial charge on any atom is -0.361 e. The van der Waals surface area contributed by atoms with Crippen LogP contribution in [0.15, 0.2) is 28.8 Å². The molecule has 0 aliphatic rings. The molecule has 22 heavy (non-hydrogen) atoms. The quantitative estimate of drug-likeness (QED) is 0.888. The zero-order chi connectivity index (χ0) is 16.1. The fraction of sp³-hybridized carbons (Fsp3) is 0.375. The summed E-state index contributed by atoms with van der Waals surface area (Å²) < 4.78 is 17.9. The van der Waals surface area contributed by atoms with Crippen molar-refractivity contribution in [2.24, 2.45) is 0 Å². The maximum atomic E-state index is 12.8. The monoisotopic (exact) mass is 305 g/mol. The Hall–Kier alpha value is -2.21. The van der Waals surface area contributed by atoms with Gasteiger partial charge in [-0.3, -0.25) is 9.69 Å². The first-order valence-corrected chi connectivity index (χ1v) is 7.07. The predicted molar refractivity (Wildman–Crippen MR) is 80.6 cm³/mol. The molecular formula is C16H20FN3O2. The molecule has 0 spiro atoms. The van der Waals surface area contributed by atoms with Gasteiger partial charge in [0, 0.05) is 18.7 Å². The Bertz CT molecular complexity index is 618. The minimum atomic E-state index is -0.283. The second-order valence-electron chi connectivity index (χ2n) is 5.38. The molecule has 0 aliphatic carbocycles. The van der Waals surface area contributed by atoms with E-state index in [2.05, 4.69) is 10.5 Å². The van der Waals surface area contributed by atoms with E-state index in [0.717, 1.165) is 22.6 Å². The van der Waals surface area contributed by atoms with Crippen molar-refractivity contribution >= 4 is 5.91 Å². The molecule has 1 amide bonds. The topological polar surface area (TPSA) is 58.4 Å². The van der Waals surface area contributed by atoms with Crippen LogP contribution in [0.3, 0.4) is 0 Å². The second-order valence-corrected chi connectivity index (χ2v) is 5.38. The highest BCUT2D eigenvalue weighted by Gasteiger charge is 2.13. The largest absolute Gasteiger partial charge is 0.361 e. The number of nitrogens with one attached hydrogen (secondary N) is 1. The number of amides is 1. The van der Waals surface area contributed by atoms with Gasteiger partial charge in [0.25, 0.3) is 0 Å². The average Bonchev–Trinajstić information content (AvgIpc) is 2.78. The van der Waals surface area contributed by atoms with E-state index >= 15 is 0 Å². The number of carbonyl (C=O) groups excluding carboxylic acids is 1. The Morgan fingerprint density at radius 3 is 2.59 bits per heavy atom. The Morgan fingerprint density at radius 1 is 1.32 bits per heavy atom. The number of carbonyl (C=O) groups is 1. The summed E-state index contributed by atoms with van der Waals surface area (Å²) in [6.07, 6.45) is 0. The molecule has 0 aliphatic heterocycles. The fourth-order valence-corrected chi connectivity index (χ4v) is 2.16. The van der Waals surface area contributed by atoms with Gasteiger partial charge in [-0.15, -0.1) is 0 Å². The normalized spacial score (nSPS) is 11.0. The predicted octanol–water partition coefficient (Wildman–Crippen LogP) is 2.18. The van der Waals surface area contributed by atoms with Gasteiger partial charge in [0.2, 0.25) is 5.91 Å². The van der Waals surface area contributed by atoms with Crippen LogP contribution in [0.1, 0.15) is 22.6 Å². The number of hydrogen-bond acceptors (Lipinski definition) is 4. The van der Waals surface area contributed by atoms with E-state index in [-0.39, 0.29) is 18.3 Å². The number of aryl methyl sites for hydroxylation is 2. The lowest BCUT2D eigenvalue weighted by atomic mass is 10.2. The number of hydrogen-bond donors (Lipinski definition) is 1. The van der Waals surface area contributed by atoms with E-state index in [1.54, 1.807) is 12.1 Å². The van der Waals surface area contributed by atoms with Crippen molar-refractivity contribution in [3.63, 3.8) is 0 Å². The molecule has 118 valence electrons. The van der Waals surface area contributed by atoms with Gasteiger partial charge in [-0.2, -0.15) is 0 Å². The lowest BCUT2D eigenvalue weighted by Crippen LogP contribution is -2.34. The highest BCUT2D eigenvalue weighted by atomic mass is 19.1. The molecule has 1 N–H and O–H groups in total. The highest BCUT2D eigenvalue weighted by molar-refractivity contribution is 5.77. The molecule has 0 saturated heterocycles. The van der Waals surface area contributed by atoms with Crippen molar-refractivity contribution in [2.45, 2.75) is 26.9 Å². The molecule has 1 aromatic carbocycles. The number of benzene rings is 1. The van der Waals surface area contributed by atoms with E-state index in [4.69, 9.17) is 4.52 Å². The first-order valence-electron chi connectivity index (χ1n) is 7.07. The van der Waals surface area contributed by atoms with E-state index in [1.165, 1.54) is 12.1 Å². The number of halogens is 1. The van der Waals surface area contributed by atoms with E-state index in [0.29, 0.717) is 13.1 Å². The van der Waals surface area contributed by atoms with E-state index < -0.39 is 0 Å². The van der Waals surface area contributed by atoms with Crippen LogP contribution in [0, 0.1) is 19.7 Å². The van der Waals surface area contributed by atoms with Crippen molar-refractivity contribution < 1.29 is 13.7 Å². The van der Waals surface area contributed by atoms with Crippen LogP contribution in [0.25, 0.3) is 0 Å². The molecule has 1 aromatic heterocycles. The fourth-order valence-electron chi connectivity index (χ4n) is 2.16. The smallest absolute Gasteiger partial charge is 0.234 e. The molecule has 0 radical (unpaired) electrons. The van der Waals surface area contributed by atoms with Crippen LogP contribution < -0.4 is 5.32 Å². The Morgan fingerprint density at radius 2 is 2.00 bits per heavy atom. The van der Waals surface area contributed by atoms with Gasteiger partial charge in [-0.1, -0.05) is 17.3 Å². The number of aromatic nitrogens is 1. The summed E-state index contributed by atoms with van der Waals surface area (Å²) in [5.41, 5.74) is 2.72. The van der Waals surface area contributed by atoms with Crippen LogP contribution in [0.5, 0.6) is 0 Å². The summed E-state index contributed by atoms with van der Waals surface area (Å²) >= 11 is 0. The third-order valence-corrected chi connectivity index (χ3v) is 3.43. The van der Waals surface area contributed by atoms with Gasteiger partial charge in [0.05, 0.1) is 12.2 Å². The summed E-state index contributed by atoms with van der Waals surface area (Å²) in [6, 6.07) is 6.07. The highest BCUT2D eigenvalue weighted by Crippen LogP contribution is 2.13. The van der Waals surface area contributed by atoms with E-state index in [9.17, 15) is 9.18 Å². The average molecular weight is 305 g/mol. The summed E-state index contributed by atoms with van der Waals surface area (Å²) in [6.45, 7) is 5.00. The Labute approximate surface area is 129 Å². The van der Waals surface area contributed by atoms with Gasteiger partial charge in [-0.25, -0.2) is 4.39 Å². The molecule has 1 heterocycles. The SMILES string of the molecule is Cc1noc(C)c1CN(C)CC(=O)NCc1ccc(F)cc1. The third-order valence-electron chi connectivity index (χ3n) is 3.43. The molecule has 0 atom stereocenters. The number of nitrogens with zero attached hydrogens (tertiary/aromatic N) is 2. The second kappa shape index (κ2) is 7.17. The Balaban J connectivity index is 1.80. The summed E-state index contributed by atoms with van der Waals surface area (Å²) in [5.74, 6) is 0.406. The van der Waals surface area contributed by atoms with Gasteiger partial charge >= 0.3 is 0 Å². The maximum absolute atomic E-state index is 12.8. The van der Waals surface area contributed by atoms with Crippen LogP contribution in [-0.4, -0.2) is 29.6 Å². The first-order chi connectivity index (χ1) is 10.5. The van der Waals surface area contributed by atoms with Gasteiger partial charge in [0.15, 0.2) is 0 Å². The van der Waals surface area contributed by atoms with Crippen molar-refractivity contribution in [2.75, 3.05) is 13.6 Å². The minimum absolute atomic E-state index is 0.0846. The summed E-state index contributed by atoms with van der Waals surface area (Å²) in [7, 11) is 1.86. The van der Waals surface area contributed by atoms with Crippen LogP contribution in [0.4, 0.5) is 4.39 Å². The maximum Gasteiger partial charge on any atom is 0.234 e. The van der Waals surface area contributed by atoms with Gasteiger partial charge in [-0.05, 0) is 38.6 Å². The molecule has 2 aromatic rings. The van der Waals surface area contributed by atoms with Crippen LogP contribution >= 0.6 is 0 Å². The Kier molecular flexibility index (Phi) is 5.27. The van der Waals surface area contributed by atoms with Gasteiger partial charge in [0.1, 0.15) is 11.6 Å². The van der Waals surface area contributed by atoms with Crippen molar-refractivity contribution in [3.05, 3.63) is 52.7 Å². The third kappa shape index (κ3) is 4.39. The molecule has 6 heteroatoms. The summed E-state index contributed by atoms with van der Waals surface area (Å²) in [4.78, 5) is 13.8. The van der Waals surface area contributed by atoms with E-state index in [1.807, 2.05) is 25.8 Å². The molecule has 0 unspecified atom stereocenters. The first kappa shape index (κ1) is 16.2. The molecular weight excluding hydrogens is 285 g/mol. The number of likely N-dealkylation sites (N-methyl/N-ethyl adjacent to an activating group) is 1. The lowest BCUT2D eigenvalue weighted by Gasteiger charge is -2.16. The zero-order valence-electron chi connectivity index (χ0n) is 13.0. The lowest BCUT2D eigenvalue weighted by molar-refractivity contribution is -0.122. The van der Waals surface area contributed by atoms with Crippen molar-refractivity contribution in [1.29, 1.82) is 0 Å². The molecule has 5 nitrogen and oxygen atoms in total. The standard InChI is InChI=1S/C16H20FN3O2/c1-11-15(12(2)22-19-11)9-20(3)10-16(21)18-8-13-4-6-14(17)7-5-13/h4-7H,8-10H2,1-3H3,(H,18,21). The molecule has 0 fully saturated rings. The summed E-state index contributed by atoms with van der Waals surface area (Å²) in [5, 5.41) is 6.71. The van der Waals surface area contributed by atoms with Crippen LogP contribution in [-0.2, 0) is 17.9 Å².